The molecule has 118 valence electrons. The SMILES string of the molecule is CC(C)(CCO)CNC(=O)c1cn[nH]c1-c1ccccc1Cl. The van der Waals surface area contributed by atoms with Crippen molar-refractivity contribution in [2.24, 2.45) is 5.41 Å². The Labute approximate surface area is 134 Å². The minimum atomic E-state index is -0.213. The van der Waals surface area contributed by atoms with Crippen LogP contribution in [0.5, 0.6) is 0 Å². The van der Waals surface area contributed by atoms with Crippen LogP contribution < -0.4 is 5.32 Å². The molecule has 1 heterocycles. The van der Waals surface area contributed by atoms with Crippen LogP contribution in [0.4, 0.5) is 0 Å². The number of nitrogens with zero attached hydrogens (tertiary/aromatic N) is 1. The number of halogens is 1. The Morgan fingerprint density at radius 3 is 2.82 bits per heavy atom. The molecule has 0 fully saturated rings. The van der Waals surface area contributed by atoms with Gasteiger partial charge in [-0.05, 0) is 17.9 Å². The van der Waals surface area contributed by atoms with Gasteiger partial charge in [-0.2, -0.15) is 5.10 Å². The number of carbonyl (C=O) groups excluding carboxylic acids is 1. The normalized spacial score (nSPS) is 11.5. The van der Waals surface area contributed by atoms with Crippen LogP contribution in [0.25, 0.3) is 11.3 Å². The Balaban J connectivity index is 2.16. The fourth-order valence-corrected chi connectivity index (χ4v) is 2.36. The second kappa shape index (κ2) is 6.94. The van der Waals surface area contributed by atoms with E-state index in [1.54, 1.807) is 6.07 Å². The number of hydrogen-bond donors (Lipinski definition) is 3. The van der Waals surface area contributed by atoms with Crippen molar-refractivity contribution >= 4 is 17.5 Å². The molecule has 22 heavy (non-hydrogen) atoms. The number of aliphatic hydroxyl groups is 1. The van der Waals surface area contributed by atoms with Crippen LogP contribution in [0.3, 0.4) is 0 Å². The van der Waals surface area contributed by atoms with Gasteiger partial charge in [-0.3, -0.25) is 9.89 Å². The number of aromatic amines is 1. The maximum absolute atomic E-state index is 12.4. The minimum absolute atomic E-state index is 0.0967. The van der Waals surface area contributed by atoms with Crippen LogP contribution in [-0.4, -0.2) is 34.4 Å². The van der Waals surface area contributed by atoms with Crippen molar-refractivity contribution in [3.8, 4) is 11.3 Å². The van der Waals surface area contributed by atoms with Gasteiger partial charge in [0, 0.05) is 23.7 Å². The van der Waals surface area contributed by atoms with Gasteiger partial charge in [0.1, 0.15) is 0 Å². The summed E-state index contributed by atoms with van der Waals surface area (Å²) in [7, 11) is 0. The highest BCUT2D eigenvalue weighted by Gasteiger charge is 2.21. The molecule has 3 N–H and O–H groups in total. The molecule has 2 aromatic rings. The van der Waals surface area contributed by atoms with Crippen LogP contribution >= 0.6 is 11.6 Å². The van der Waals surface area contributed by atoms with E-state index in [0.717, 1.165) is 5.56 Å². The van der Waals surface area contributed by atoms with Crippen molar-refractivity contribution in [2.45, 2.75) is 20.3 Å². The summed E-state index contributed by atoms with van der Waals surface area (Å²) in [6, 6.07) is 7.29. The Morgan fingerprint density at radius 1 is 1.41 bits per heavy atom. The van der Waals surface area contributed by atoms with Crippen molar-refractivity contribution in [3.05, 3.63) is 41.0 Å². The largest absolute Gasteiger partial charge is 0.396 e. The van der Waals surface area contributed by atoms with E-state index >= 15 is 0 Å². The monoisotopic (exact) mass is 321 g/mol. The van der Waals surface area contributed by atoms with Crippen LogP contribution in [0.15, 0.2) is 30.5 Å². The van der Waals surface area contributed by atoms with Crippen molar-refractivity contribution < 1.29 is 9.90 Å². The summed E-state index contributed by atoms with van der Waals surface area (Å²) in [5.41, 5.74) is 1.62. The minimum Gasteiger partial charge on any atom is -0.396 e. The summed E-state index contributed by atoms with van der Waals surface area (Å²) in [6.07, 6.45) is 2.11. The maximum Gasteiger partial charge on any atom is 0.255 e. The molecule has 0 bridgehead atoms. The quantitative estimate of drug-likeness (QED) is 0.765. The van der Waals surface area contributed by atoms with Gasteiger partial charge in [0.05, 0.1) is 17.5 Å². The highest BCUT2D eigenvalue weighted by molar-refractivity contribution is 6.33. The molecule has 1 amide bonds. The highest BCUT2D eigenvalue weighted by atomic mass is 35.5. The van der Waals surface area contributed by atoms with E-state index in [2.05, 4.69) is 15.5 Å². The van der Waals surface area contributed by atoms with Crippen LogP contribution in [0.1, 0.15) is 30.6 Å². The van der Waals surface area contributed by atoms with Crippen LogP contribution in [-0.2, 0) is 0 Å². The molecule has 0 radical (unpaired) electrons. The molecule has 1 aromatic heterocycles. The molecule has 0 saturated carbocycles. The maximum atomic E-state index is 12.4. The molecule has 0 unspecified atom stereocenters. The average Bonchev–Trinajstić information content (AvgIpc) is 2.94. The predicted octanol–water partition coefficient (Wildman–Crippen LogP) is 2.87. The summed E-state index contributed by atoms with van der Waals surface area (Å²) >= 11 is 6.18. The zero-order chi connectivity index (χ0) is 16.2. The van der Waals surface area contributed by atoms with Crippen molar-refractivity contribution in [2.75, 3.05) is 13.2 Å². The molecule has 0 aliphatic rings. The molecule has 0 spiro atoms. The zero-order valence-corrected chi connectivity index (χ0v) is 13.4. The third-order valence-corrected chi connectivity index (χ3v) is 3.87. The van der Waals surface area contributed by atoms with Crippen LogP contribution in [0, 0.1) is 5.41 Å². The Bertz CT molecular complexity index is 652. The number of nitrogens with one attached hydrogen (secondary N) is 2. The molecule has 2 rings (SSSR count). The first kappa shape index (κ1) is 16.5. The molecule has 1 aromatic carbocycles. The van der Waals surface area contributed by atoms with Crippen molar-refractivity contribution in [1.29, 1.82) is 0 Å². The van der Waals surface area contributed by atoms with Gasteiger partial charge >= 0.3 is 0 Å². The van der Waals surface area contributed by atoms with E-state index in [0.29, 0.717) is 29.2 Å². The zero-order valence-electron chi connectivity index (χ0n) is 12.7. The van der Waals surface area contributed by atoms with Gasteiger partial charge in [-0.25, -0.2) is 0 Å². The fraction of sp³-hybridized carbons (Fsp3) is 0.375. The lowest BCUT2D eigenvalue weighted by Gasteiger charge is -2.23. The summed E-state index contributed by atoms with van der Waals surface area (Å²) in [4.78, 5) is 12.4. The Hall–Kier alpha value is -1.85. The number of aromatic nitrogens is 2. The number of H-pyrrole nitrogens is 1. The molecule has 6 heteroatoms. The number of hydrogen-bond acceptors (Lipinski definition) is 3. The van der Waals surface area contributed by atoms with Gasteiger partial charge in [0.25, 0.3) is 5.91 Å². The number of amides is 1. The van der Waals surface area contributed by atoms with Crippen LogP contribution in [0.2, 0.25) is 5.02 Å². The van der Waals surface area contributed by atoms with E-state index in [4.69, 9.17) is 16.7 Å². The summed E-state index contributed by atoms with van der Waals surface area (Å²) in [5.74, 6) is -0.213. The molecule has 0 saturated heterocycles. The Kier molecular flexibility index (Phi) is 5.21. The van der Waals surface area contributed by atoms with Crippen molar-refractivity contribution in [1.82, 2.24) is 15.5 Å². The predicted molar refractivity (Wildman–Crippen MR) is 86.9 cm³/mol. The molecule has 0 aliphatic heterocycles. The first-order valence-electron chi connectivity index (χ1n) is 7.12. The number of aliphatic hydroxyl groups excluding tert-OH is 1. The number of rotatable bonds is 6. The first-order chi connectivity index (χ1) is 10.4. The highest BCUT2D eigenvalue weighted by Crippen LogP contribution is 2.28. The van der Waals surface area contributed by atoms with E-state index < -0.39 is 0 Å². The second-order valence-corrected chi connectivity index (χ2v) is 6.37. The molecule has 0 aliphatic carbocycles. The summed E-state index contributed by atoms with van der Waals surface area (Å²) in [5, 5.41) is 19.3. The van der Waals surface area contributed by atoms with E-state index in [-0.39, 0.29) is 17.9 Å². The lowest BCUT2D eigenvalue weighted by molar-refractivity contribution is 0.0929. The molecule has 5 nitrogen and oxygen atoms in total. The van der Waals surface area contributed by atoms with Gasteiger partial charge in [0.2, 0.25) is 0 Å². The van der Waals surface area contributed by atoms with E-state index in [9.17, 15) is 4.79 Å². The topological polar surface area (TPSA) is 78.0 Å². The van der Waals surface area contributed by atoms with Gasteiger partial charge in [0.15, 0.2) is 0 Å². The molecular formula is C16H20ClN3O2. The fourth-order valence-electron chi connectivity index (χ4n) is 2.13. The third kappa shape index (κ3) is 3.87. The average molecular weight is 322 g/mol. The number of carbonyl (C=O) groups is 1. The van der Waals surface area contributed by atoms with E-state index in [1.807, 2.05) is 32.0 Å². The lowest BCUT2D eigenvalue weighted by Crippen LogP contribution is -2.34. The lowest BCUT2D eigenvalue weighted by atomic mass is 9.89. The number of benzene rings is 1. The third-order valence-electron chi connectivity index (χ3n) is 3.54. The van der Waals surface area contributed by atoms with E-state index in [1.165, 1.54) is 6.20 Å². The molecular weight excluding hydrogens is 302 g/mol. The smallest absolute Gasteiger partial charge is 0.255 e. The summed E-state index contributed by atoms with van der Waals surface area (Å²) in [6.45, 7) is 4.56. The first-order valence-corrected chi connectivity index (χ1v) is 7.50. The molecule has 0 atom stereocenters. The van der Waals surface area contributed by atoms with Gasteiger partial charge in [-0.15, -0.1) is 0 Å². The van der Waals surface area contributed by atoms with Gasteiger partial charge in [-0.1, -0.05) is 43.6 Å². The Morgan fingerprint density at radius 2 is 2.14 bits per heavy atom. The second-order valence-electron chi connectivity index (χ2n) is 5.96. The standard InChI is InChI=1S/C16H20ClN3O2/c1-16(2,7-8-21)10-18-15(22)12-9-19-20-14(12)11-5-3-4-6-13(11)17/h3-6,9,21H,7-8,10H2,1-2H3,(H,18,22)(H,19,20). The summed E-state index contributed by atoms with van der Waals surface area (Å²) < 4.78 is 0. The van der Waals surface area contributed by atoms with Crippen molar-refractivity contribution in [3.63, 3.8) is 0 Å². The van der Waals surface area contributed by atoms with Gasteiger partial charge < -0.3 is 10.4 Å².